The quantitative estimate of drug-likeness (QED) is 0.886. The molecule has 0 saturated carbocycles. The summed E-state index contributed by atoms with van der Waals surface area (Å²) in [5, 5.41) is 4.59. The predicted octanol–water partition coefficient (Wildman–Crippen LogP) is 4.20. The number of nitrogens with zero attached hydrogens (tertiary/aromatic N) is 2. The van der Waals surface area contributed by atoms with Gasteiger partial charge in [0.2, 0.25) is 0 Å². The van der Waals surface area contributed by atoms with E-state index in [1.54, 1.807) is 6.07 Å². The second kappa shape index (κ2) is 5.23. The molecular weight excluding hydrogens is 330 g/mol. The third kappa shape index (κ3) is 3.16. The van der Waals surface area contributed by atoms with Gasteiger partial charge in [0.25, 0.3) is 5.89 Å². The Balaban J connectivity index is 2.33. The number of hydrogen-bond donors (Lipinski definition) is 1. The third-order valence-electron chi connectivity index (χ3n) is 2.82. The lowest BCUT2D eigenvalue weighted by Gasteiger charge is -2.23. The number of aromatic nitrogens is 2. The van der Waals surface area contributed by atoms with E-state index in [1.807, 2.05) is 32.9 Å². The highest BCUT2D eigenvalue weighted by Gasteiger charge is 2.27. The standard InChI is InChI=1S/C13H15BrClN3O/c1-13(2,3)10(16)11-17-12(19-18-11)7-4-5-9(15)8(14)6-7/h4-6,10H,16H2,1-3H3. The maximum atomic E-state index is 6.10. The van der Waals surface area contributed by atoms with Crippen LogP contribution >= 0.6 is 27.5 Å². The largest absolute Gasteiger partial charge is 0.334 e. The number of rotatable bonds is 2. The molecule has 1 heterocycles. The molecule has 0 amide bonds. The van der Waals surface area contributed by atoms with Crippen molar-refractivity contribution in [1.82, 2.24) is 10.1 Å². The first-order valence-corrected chi connectivity index (χ1v) is 7.01. The smallest absolute Gasteiger partial charge is 0.258 e. The Kier molecular flexibility index (Phi) is 3.99. The monoisotopic (exact) mass is 343 g/mol. The van der Waals surface area contributed by atoms with Crippen molar-refractivity contribution >= 4 is 27.5 Å². The van der Waals surface area contributed by atoms with Gasteiger partial charge in [-0.3, -0.25) is 0 Å². The highest BCUT2D eigenvalue weighted by Crippen LogP contribution is 2.31. The highest BCUT2D eigenvalue weighted by atomic mass is 79.9. The summed E-state index contributed by atoms with van der Waals surface area (Å²) in [7, 11) is 0. The Morgan fingerprint density at radius 1 is 1.37 bits per heavy atom. The lowest BCUT2D eigenvalue weighted by Crippen LogP contribution is -2.27. The van der Waals surface area contributed by atoms with Gasteiger partial charge >= 0.3 is 0 Å². The van der Waals surface area contributed by atoms with E-state index in [-0.39, 0.29) is 11.5 Å². The van der Waals surface area contributed by atoms with Gasteiger partial charge < -0.3 is 10.3 Å². The molecule has 6 heteroatoms. The van der Waals surface area contributed by atoms with Gasteiger partial charge in [0, 0.05) is 10.0 Å². The van der Waals surface area contributed by atoms with Crippen molar-refractivity contribution in [2.45, 2.75) is 26.8 Å². The van der Waals surface area contributed by atoms with Crippen LogP contribution in [0, 0.1) is 5.41 Å². The van der Waals surface area contributed by atoms with Gasteiger partial charge in [0.1, 0.15) is 0 Å². The summed E-state index contributed by atoms with van der Waals surface area (Å²) in [6.45, 7) is 6.10. The average Bonchev–Trinajstić information content (AvgIpc) is 2.79. The van der Waals surface area contributed by atoms with E-state index in [1.165, 1.54) is 0 Å². The Hall–Kier alpha value is -0.910. The Bertz CT molecular complexity index is 592. The molecule has 4 nitrogen and oxygen atoms in total. The van der Waals surface area contributed by atoms with Crippen LogP contribution in [-0.2, 0) is 0 Å². The molecule has 1 aromatic carbocycles. The molecule has 0 spiro atoms. The van der Waals surface area contributed by atoms with E-state index >= 15 is 0 Å². The van der Waals surface area contributed by atoms with Crippen LogP contribution < -0.4 is 5.73 Å². The molecule has 0 aliphatic heterocycles. The Labute approximate surface area is 125 Å². The van der Waals surface area contributed by atoms with Gasteiger partial charge in [-0.15, -0.1) is 0 Å². The SMILES string of the molecule is CC(C)(C)C(N)c1noc(-c2ccc(Cl)c(Br)c2)n1. The summed E-state index contributed by atoms with van der Waals surface area (Å²) in [6, 6.07) is 5.16. The van der Waals surface area contributed by atoms with Crippen molar-refractivity contribution in [3.05, 3.63) is 33.5 Å². The molecule has 2 aromatic rings. The Morgan fingerprint density at radius 3 is 2.63 bits per heavy atom. The van der Waals surface area contributed by atoms with Crippen LogP contribution in [0.2, 0.25) is 5.02 Å². The fourth-order valence-corrected chi connectivity index (χ4v) is 1.99. The number of hydrogen-bond acceptors (Lipinski definition) is 4. The van der Waals surface area contributed by atoms with Gasteiger partial charge in [-0.1, -0.05) is 37.5 Å². The molecular formula is C13H15BrClN3O. The fraction of sp³-hybridized carbons (Fsp3) is 0.385. The lowest BCUT2D eigenvalue weighted by molar-refractivity contribution is 0.303. The van der Waals surface area contributed by atoms with Crippen LogP contribution in [0.25, 0.3) is 11.5 Å². The zero-order valence-electron chi connectivity index (χ0n) is 10.9. The maximum absolute atomic E-state index is 6.10. The van der Waals surface area contributed by atoms with E-state index in [0.717, 1.165) is 10.0 Å². The second-order valence-corrected chi connectivity index (χ2v) is 6.69. The van der Waals surface area contributed by atoms with Crippen molar-refractivity contribution in [1.29, 1.82) is 0 Å². The molecule has 2 rings (SSSR count). The molecule has 0 aliphatic carbocycles. The number of halogens is 2. The molecule has 19 heavy (non-hydrogen) atoms. The van der Waals surface area contributed by atoms with E-state index in [0.29, 0.717) is 16.7 Å². The van der Waals surface area contributed by atoms with Crippen LogP contribution in [0.4, 0.5) is 0 Å². The van der Waals surface area contributed by atoms with E-state index < -0.39 is 0 Å². The van der Waals surface area contributed by atoms with Gasteiger partial charge in [-0.25, -0.2) is 0 Å². The second-order valence-electron chi connectivity index (χ2n) is 5.43. The van der Waals surface area contributed by atoms with Crippen LogP contribution in [0.15, 0.2) is 27.2 Å². The van der Waals surface area contributed by atoms with Gasteiger partial charge in [0.05, 0.1) is 11.1 Å². The van der Waals surface area contributed by atoms with Crippen LogP contribution in [0.3, 0.4) is 0 Å². The van der Waals surface area contributed by atoms with E-state index in [4.69, 9.17) is 21.9 Å². The zero-order chi connectivity index (χ0) is 14.2. The van der Waals surface area contributed by atoms with Crippen molar-refractivity contribution in [2.75, 3.05) is 0 Å². The van der Waals surface area contributed by atoms with Crippen LogP contribution in [-0.4, -0.2) is 10.1 Å². The molecule has 0 saturated heterocycles. The molecule has 1 atom stereocenters. The fourth-order valence-electron chi connectivity index (χ4n) is 1.49. The van der Waals surface area contributed by atoms with Crippen LogP contribution in [0.1, 0.15) is 32.6 Å². The van der Waals surface area contributed by atoms with Crippen molar-refractivity contribution < 1.29 is 4.52 Å². The molecule has 2 N–H and O–H groups in total. The Morgan fingerprint density at radius 2 is 2.05 bits per heavy atom. The zero-order valence-corrected chi connectivity index (χ0v) is 13.3. The first-order valence-electron chi connectivity index (χ1n) is 5.83. The topological polar surface area (TPSA) is 64.9 Å². The van der Waals surface area contributed by atoms with Crippen molar-refractivity contribution in [3.8, 4) is 11.5 Å². The predicted molar refractivity (Wildman–Crippen MR) is 78.8 cm³/mol. The van der Waals surface area contributed by atoms with Crippen LogP contribution in [0.5, 0.6) is 0 Å². The highest BCUT2D eigenvalue weighted by molar-refractivity contribution is 9.10. The molecule has 0 radical (unpaired) electrons. The van der Waals surface area contributed by atoms with Gasteiger partial charge in [-0.2, -0.15) is 4.98 Å². The number of nitrogens with two attached hydrogens (primary N) is 1. The summed E-state index contributed by atoms with van der Waals surface area (Å²) in [4.78, 5) is 4.35. The molecule has 102 valence electrons. The molecule has 0 aliphatic rings. The normalized spacial score (nSPS) is 13.6. The van der Waals surface area contributed by atoms with E-state index in [2.05, 4.69) is 26.1 Å². The average molecular weight is 345 g/mol. The summed E-state index contributed by atoms with van der Waals surface area (Å²) >= 11 is 9.31. The third-order valence-corrected chi connectivity index (χ3v) is 4.03. The number of benzene rings is 1. The molecule has 1 unspecified atom stereocenters. The minimum Gasteiger partial charge on any atom is -0.334 e. The summed E-state index contributed by atoms with van der Waals surface area (Å²) in [5.74, 6) is 0.945. The lowest BCUT2D eigenvalue weighted by atomic mass is 9.87. The molecule has 0 fully saturated rings. The minimum absolute atomic E-state index is 0.123. The molecule has 1 aromatic heterocycles. The minimum atomic E-state index is -0.277. The van der Waals surface area contributed by atoms with Crippen molar-refractivity contribution in [3.63, 3.8) is 0 Å². The van der Waals surface area contributed by atoms with Crippen molar-refractivity contribution in [2.24, 2.45) is 11.1 Å². The van der Waals surface area contributed by atoms with Gasteiger partial charge in [0.15, 0.2) is 5.82 Å². The maximum Gasteiger partial charge on any atom is 0.258 e. The van der Waals surface area contributed by atoms with E-state index in [9.17, 15) is 0 Å². The summed E-state index contributed by atoms with van der Waals surface area (Å²) < 4.78 is 6.04. The summed E-state index contributed by atoms with van der Waals surface area (Å²) in [6.07, 6.45) is 0. The summed E-state index contributed by atoms with van der Waals surface area (Å²) in [5.41, 5.74) is 6.78. The molecule has 0 bridgehead atoms. The van der Waals surface area contributed by atoms with Gasteiger partial charge in [-0.05, 0) is 39.5 Å². The first-order chi connectivity index (χ1) is 8.79. The first kappa shape index (κ1) is 14.5.